The molecule has 0 radical (unpaired) electrons. The molecule has 1 heterocycles. The van der Waals surface area contributed by atoms with E-state index in [1.54, 1.807) is 25.6 Å². The summed E-state index contributed by atoms with van der Waals surface area (Å²) in [6.07, 6.45) is 4.20. The Kier molecular flexibility index (Phi) is 3.37. The number of methoxy groups -OCH3 is 1. The Morgan fingerprint density at radius 1 is 1.30 bits per heavy atom. The summed E-state index contributed by atoms with van der Waals surface area (Å²) >= 11 is 0. The second-order valence-corrected chi connectivity index (χ2v) is 4.92. The molecule has 0 bridgehead atoms. The molecule has 1 saturated carbocycles. The van der Waals surface area contributed by atoms with Crippen molar-refractivity contribution < 1.29 is 9.53 Å². The Labute approximate surface area is 117 Å². The summed E-state index contributed by atoms with van der Waals surface area (Å²) in [6.45, 7) is 0. The Hall–Kier alpha value is -2.36. The highest BCUT2D eigenvalue weighted by Gasteiger charge is 2.45. The predicted molar refractivity (Wildman–Crippen MR) is 76.7 cm³/mol. The van der Waals surface area contributed by atoms with Crippen LogP contribution in [0.15, 0.2) is 48.8 Å². The van der Waals surface area contributed by atoms with E-state index in [1.807, 2.05) is 30.3 Å². The smallest absolute Gasteiger partial charge is 0.228 e. The Morgan fingerprint density at radius 2 is 2.15 bits per heavy atom. The topological polar surface area (TPSA) is 51.2 Å². The third kappa shape index (κ3) is 2.50. The molecule has 1 amide bonds. The number of aromatic nitrogens is 1. The van der Waals surface area contributed by atoms with Crippen molar-refractivity contribution >= 4 is 11.6 Å². The number of para-hydroxylation sites is 1. The summed E-state index contributed by atoms with van der Waals surface area (Å²) in [5, 5.41) is 2.90. The van der Waals surface area contributed by atoms with E-state index in [-0.39, 0.29) is 17.7 Å². The van der Waals surface area contributed by atoms with Gasteiger partial charge >= 0.3 is 0 Å². The Balaban J connectivity index is 1.68. The molecule has 4 nitrogen and oxygen atoms in total. The fraction of sp³-hybridized carbons (Fsp3) is 0.250. The molecule has 2 aromatic rings. The van der Waals surface area contributed by atoms with E-state index < -0.39 is 0 Å². The molecule has 0 unspecified atom stereocenters. The van der Waals surface area contributed by atoms with Gasteiger partial charge < -0.3 is 10.1 Å². The lowest BCUT2D eigenvalue weighted by Gasteiger charge is -2.08. The fourth-order valence-electron chi connectivity index (χ4n) is 2.47. The minimum Gasteiger partial charge on any atom is -0.496 e. The monoisotopic (exact) mass is 268 g/mol. The van der Waals surface area contributed by atoms with Gasteiger partial charge in [-0.15, -0.1) is 0 Å². The van der Waals surface area contributed by atoms with Crippen LogP contribution in [-0.4, -0.2) is 18.0 Å². The summed E-state index contributed by atoms with van der Waals surface area (Å²) in [7, 11) is 1.66. The van der Waals surface area contributed by atoms with E-state index >= 15 is 0 Å². The van der Waals surface area contributed by atoms with Crippen molar-refractivity contribution in [1.29, 1.82) is 0 Å². The van der Waals surface area contributed by atoms with E-state index in [0.717, 1.165) is 23.4 Å². The van der Waals surface area contributed by atoms with Crippen LogP contribution in [0.25, 0.3) is 0 Å². The molecule has 2 atom stereocenters. The van der Waals surface area contributed by atoms with Gasteiger partial charge in [-0.1, -0.05) is 18.2 Å². The number of carbonyl (C=O) groups excluding carboxylic acids is 1. The highest BCUT2D eigenvalue weighted by atomic mass is 16.5. The molecule has 3 rings (SSSR count). The molecule has 4 heteroatoms. The fourth-order valence-corrected chi connectivity index (χ4v) is 2.47. The van der Waals surface area contributed by atoms with Crippen LogP contribution in [0, 0.1) is 5.92 Å². The Morgan fingerprint density at radius 3 is 2.90 bits per heavy atom. The highest BCUT2D eigenvalue weighted by molar-refractivity contribution is 5.95. The molecule has 1 aromatic carbocycles. The number of nitrogens with one attached hydrogen (secondary N) is 1. The maximum Gasteiger partial charge on any atom is 0.228 e. The molecule has 1 aliphatic carbocycles. The summed E-state index contributed by atoms with van der Waals surface area (Å²) in [4.78, 5) is 16.2. The zero-order valence-electron chi connectivity index (χ0n) is 11.2. The third-order valence-corrected chi connectivity index (χ3v) is 3.59. The zero-order chi connectivity index (χ0) is 13.9. The van der Waals surface area contributed by atoms with Gasteiger partial charge in [0.05, 0.1) is 19.0 Å². The first-order valence-corrected chi connectivity index (χ1v) is 6.63. The van der Waals surface area contributed by atoms with Crippen LogP contribution in [0.4, 0.5) is 5.69 Å². The molecule has 1 N–H and O–H groups in total. The normalized spacial score (nSPS) is 20.2. The lowest BCUT2D eigenvalue weighted by molar-refractivity contribution is -0.117. The number of nitrogens with zero attached hydrogens (tertiary/aromatic N) is 1. The molecular formula is C16H16N2O2. The molecule has 102 valence electrons. The van der Waals surface area contributed by atoms with Gasteiger partial charge in [-0.3, -0.25) is 9.78 Å². The summed E-state index contributed by atoms with van der Waals surface area (Å²) in [6, 6.07) is 11.5. The van der Waals surface area contributed by atoms with Gasteiger partial charge in [0.1, 0.15) is 5.75 Å². The molecule has 0 saturated heterocycles. The van der Waals surface area contributed by atoms with Crippen LogP contribution >= 0.6 is 0 Å². The molecule has 1 fully saturated rings. The summed E-state index contributed by atoms with van der Waals surface area (Å²) < 4.78 is 5.35. The van der Waals surface area contributed by atoms with E-state index in [1.165, 1.54) is 0 Å². The van der Waals surface area contributed by atoms with E-state index in [4.69, 9.17) is 4.74 Å². The van der Waals surface area contributed by atoms with Crippen molar-refractivity contribution in [1.82, 2.24) is 4.98 Å². The number of hydrogen-bond acceptors (Lipinski definition) is 3. The van der Waals surface area contributed by atoms with Crippen molar-refractivity contribution in [3.05, 3.63) is 54.4 Å². The van der Waals surface area contributed by atoms with Crippen molar-refractivity contribution in [2.24, 2.45) is 5.92 Å². The number of carbonyl (C=O) groups is 1. The number of hydrogen-bond donors (Lipinski definition) is 1. The van der Waals surface area contributed by atoms with Crippen molar-refractivity contribution in [2.75, 3.05) is 12.4 Å². The van der Waals surface area contributed by atoms with Crippen LogP contribution < -0.4 is 10.1 Å². The minimum absolute atomic E-state index is 0.0199. The van der Waals surface area contributed by atoms with E-state index in [9.17, 15) is 4.79 Å². The van der Waals surface area contributed by atoms with Crippen LogP contribution in [0.2, 0.25) is 0 Å². The van der Waals surface area contributed by atoms with Gasteiger partial charge in [-0.25, -0.2) is 0 Å². The van der Waals surface area contributed by atoms with Crippen LogP contribution in [0.5, 0.6) is 5.75 Å². The van der Waals surface area contributed by atoms with Gasteiger partial charge in [0.25, 0.3) is 0 Å². The minimum atomic E-state index is 0.0199. The lowest BCUT2D eigenvalue weighted by atomic mass is 10.1. The first-order valence-electron chi connectivity index (χ1n) is 6.63. The zero-order valence-corrected chi connectivity index (χ0v) is 11.2. The number of rotatable bonds is 4. The van der Waals surface area contributed by atoms with Crippen molar-refractivity contribution in [2.45, 2.75) is 12.3 Å². The summed E-state index contributed by atoms with van der Waals surface area (Å²) in [5.74, 6) is 1.18. The number of amides is 1. The standard InChI is InChI=1S/C16H16N2O2/c1-20-15-7-3-2-6-12(15)13-9-14(13)16(19)18-11-5-4-8-17-10-11/h2-8,10,13-14H,9H2,1H3,(H,18,19)/t13-,14-/m1/s1. The molecular weight excluding hydrogens is 252 g/mol. The molecule has 1 aliphatic rings. The average molecular weight is 268 g/mol. The van der Waals surface area contributed by atoms with Crippen LogP contribution in [0.1, 0.15) is 17.9 Å². The molecule has 0 spiro atoms. The molecule has 1 aromatic heterocycles. The largest absolute Gasteiger partial charge is 0.496 e. The van der Waals surface area contributed by atoms with Crippen LogP contribution in [0.3, 0.4) is 0 Å². The number of anilines is 1. The van der Waals surface area contributed by atoms with E-state index in [2.05, 4.69) is 10.3 Å². The molecule has 0 aliphatic heterocycles. The average Bonchev–Trinajstić information content (AvgIpc) is 3.28. The Bertz CT molecular complexity index is 613. The van der Waals surface area contributed by atoms with Crippen molar-refractivity contribution in [3.63, 3.8) is 0 Å². The highest BCUT2D eigenvalue weighted by Crippen LogP contribution is 2.50. The quantitative estimate of drug-likeness (QED) is 0.927. The maximum atomic E-state index is 12.2. The van der Waals surface area contributed by atoms with E-state index in [0.29, 0.717) is 0 Å². The van der Waals surface area contributed by atoms with Crippen molar-refractivity contribution in [3.8, 4) is 5.75 Å². The second kappa shape index (κ2) is 5.33. The SMILES string of the molecule is COc1ccccc1[C@H]1C[C@H]1C(=O)Nc1cccnc1. The second-order valence-electron chi connectivity index (χ2n) is 4.92. The van der Waals surface area contributed by atoms with Gasteiger partial charge in [0.15, 0.2) is 0 Å². The van der Waals surface area contributed by atoms with Crippen LogP contribution in [-0.2, 0) is 4.79 Å². The lowest BCUT2D eigenvalue weighted by Crippen LogP contribution is -2.14. The maximum absolute atomic E-state index is 12.2. The predicted octanol–water partition coefficient (Wildman–Crippen LogP) is 2.83. The van der Waals surface area contributed by atoms with Gasteiger partial charge in [-0.05, 0) is 36.1 Å². The number of pyridine rings is 1. The first kappa shape index (κ1) is 12.7. The van der Waals surface area contributed by atoms with Gasteiger partial charge in [0.2, 0.25) is 5.91 Å². The number of ether oxygens (including phenoxy) is 1. The third-order valence-electron chi connectivity index (χ3n) is 3.59. The van der Waals surface area contributed by atoms with Gasteiger partial charge in [0, 0.05) is 12.1 Å². The van der Waals surface area contributed by atoms with Gasteiger partial charge in [-0.2, -0.15) is 0 Å². The molecule has 20 heavy (non-hydrogen) atoms. The first-order chi connectivity index (χ1) is 9.79. The number of benzene rings is 1. The summed E-state index contributed by atoms with van der Waals surface area (Å²) in [5.41, 5.74) is 1.85.